The lowest BCUT2D eigenvalue weighted by molar-refractivity contribution is 0.501. The number of nitrogens with two attached hydrogens (primary N) is 1. The Labute approximate surface area is 119 Å². The van der Waals surface area contributed by atoms with E-state index in [9.17, 15) is 8.78 Å². The van der Waals surface area contributed by atoms with Crippen LogP contribution in [0.5, 0.6) is 0 Å². The number of hydrogen-bond acceptors (Lipinski definition) is 4. The molecule has 2 N–H and O–H groups in total. The van der Waals surface area contributed by atoms with Crippen LogP contribution in [0, 0.1) is 18.6 Å². The maximum atomic E-state index is 13.9. The third-order valence-corrected chi connectivity index (χ3v) is 3.16. The van der Waals surface area contributed by atoms with Gasteiger partial charge in [-0.15, -0.1) is 5.10 Å². The highest BCUT2D eigenvalue weighted by Gasteiger charge is 2.16. The molecule has 2 aromatic carbocycles. The largest absolute Gasteiger partial charge is 0.399 e. The second-order valence-corrected chi connectivity index (χ2v) is 4.56. The second kappa shape index (κ2) is 4.93. The molecule has 5 nitrogen and oxygen atoms in total. The zero-order valence-corrected chi connectivity index (χ0v) is 11.1. The van der Waals surface area contributed by atoms with Gasteiger partial charge in [-0.25, -0.2) is 8.78 Å². The standard InChI is InChI=1S/C14H11F2N5/c1-8-7-9(5-6-11(8)17)14-18-19-20-21(14)12-4-2-3-10(15)13(12)16/h2-7H,17H2,1H3. The van der Waals surface area contributed by atoms with Crippen LogP contribution in [0.25, 0.3) is 17.1 Å². The Hall–Kier alpha value is -2.83. The van der Waals surface area contributed by atoms with Gasteiger partial charge in [-0.1, -0.05) is 6.07 Å². The first-order valence-corrected chi connectivity index (χ1v) is 6.17. The molecule has 106 valence electrons. The van der Waals surface area contributed by atoms with Crippen LogP contribution in [0.4, 0.5) is 14.5 Å². The van der Waals surface area contributed by atoms with Gasteiger partial charge in [-0.05, 0) is 53.2 Å². The van der Waals surface area contributed by atoms with E-state index in [1.165, 1.54) is 12.1 Å². The van der Waals surface area contributed by atoms with Crippen molar-refractivity contribution in [3.8, 4) is 17.1 Å². The van der Waals surface area contributed by atoms with Crippen LogP contribution in [0.1, 0.15) is 5.56 Å². The summed E-state index contributed by atoms with van der Waals surface area (Å²) in [7, 11) is 0. The first-order chi connectivity index (χ1) is 10.1. The average Bonchev–Trinajstić information content (AvgIpc) is 2.94. The first kappa shape index (κ1) is 13.2. The number of aryl methyl sites for hydroxylation is 1. The van der Waals surface area contributed by atoms with Crippen molar-refractivity contribution in [2.24, 2.45) is 0 Å². The predicted octanol–water partition coefficient (Wildman–Crippen LogP) is 2.50. The van der Waals surface area contributed by atoms with Crippen LogP contribution < -0.4 is 5.73 Å². The molecular formula is C14H11F2N5. The Morgan fingerprint density at radius 2 is 1.95 bits per heavy atom. The third kappa shape index (κ3) is 2.22. The van der Waals surface area contributed by atoms with Crippen molar-refractivity contribution in [2.45, 2.75) is 6.92 Å². The molecule has 3 aromatic rings. The molecule has 0 aliphatic rings. The molecule has 0 fully saturated rings. The zero-order chi connectivity index (χ0) is 15.0. The number of tetrazole rings is 1. The van der Waals surface area contributed by atoms with Crippen molar-refractivity contribution in [3.63, 3.8) is 0 Å². The molecule has 0 spiro atoms. The van der Waals surface area contributed by atoms with Crippen molar-refractivity contribution in [1.82, 2.24) is 20.2 Å². The van der Waals surface area contributed by atoms with E-state index in [1.54, 1.807) is 18.2 Å². The van der Waals surface area contributed by atoms with Gasteiger partial charge in [-0.2, -0.15) is 4.68 Å². The van der Waals surface area contributed by atoms with Crippen LogP contribution in [0.3, 0.4) is 0 Å². The third-order valence-electron chi connectivity index (χ3n) is 3.16. The van der Waals surface area contributed by atoms with Gasteiger partial charge in [0, 0.05) is 11.3 Å². The van der Waals surface area contributed by atoms with Gasteiger partial charge in [0.15, 0.2) is 17.5 Å². The zero-order valence-electron chi connectivity index (χ0n) is 11.1. The summed E-state index contributed by atoms with van der Waals surface area (Å²) in [6.45, 7) is 1.84. The summed E-state index contributed by atoms with van der Waals surface area (Å²) in [5.41, 5.74) is 7.86. The molecule has 3 rings (SSSR count). The summed E-state index contributed by atoms with van der Waals surface area (Å²) in [4.78, 5) is 0. The number of anilines is 1. The predicted molar refractivity (Wildman–Crippen MR) is 73.7 cm³/mol. The fourth-order valence-electron chi connectivity index (χ4n) is 2.00. The number of hydrogen-bond donors (Lipinski definition) is 1. The highest BCUT2D eigenvalue weighted by Crippen LogP contribution is 2.24. The highest BCUT2D eigenvalue weighted by molar-refractivity contribution is 5.63. The summed E-state index contributed by atoms with van der Waals surface area (Å²) >= 11 is 0. The first-order valence-electron chi connectivity index (χ1n) is 6.17. The Bertz CT molecular complexity index is 813. The van der Waals surface area contributed by atoms with E-state index in [0.29, 0.717) is 17.1 Å². The summed E-state index contributed by atoms with van der Waals surface area (Å²) in [5.74, 6) is -1.65. The quantitative estimate of drug-likeness (QED) is 0.735. The molecule has 0 radical (unpaired) electrons. The Kier molecular flexibility index (Phi) is 3.09. The molecular weight excluding hydrogens is 276 g/mol. The van der Waals surface area contributed by atoms with Gasteiger partial charge in [0.1, 0.15) is 5.69 Å². The van der Waals surface area contributed by atoms with Crippen molar-refractivity contribution < 1.29 is 8.78 Å². The van der Waals surface area contributed by atoms with E-state index >= 15 is 0 Å². The van der Waals surface area contributed by atoms with Crippen molar-refractivity contribution >= 4 is 5.69 Å². The van der Waals surface area contributed by atoms with Crippen LogP contribution >= 0.6 is 0 Å². The number of aromatic nitrogens is 4. The van der Waals surface area contributed by atoms with Gasteiger partial charge in [-0.3, -0.25) is 0 Å². The molecule has 0 bridgehead atoms. The lowest BCUT2D eigenvalue weighted by Crippen LogP contribution is -2.04. The number of halogens is 2. The summed E-state index contributed by atoms with van der Waals surface area (Å²) in [5, 5.41) is 11.2. The minimum Gasteiger partial charge on any atom is -0.399 e. The smallest absolute Gasteiger partial charge is 0.187 e. The van der Waals surface area contributed by atoms with E-state index in [1.807, 2.05) is 6.92 Å². The molecule has 0 saturated carbocycles. The summed E-state index contributed by atoms with van der Waals surface area (Å²) in [6.07, 6.45) is 0. The fraction of sp³-hybridized carbons (Fsp3) is 0.0714. The Morgan fingerprint density at radius 1 is 1.14 bits per heavy atom. The molecule has 0 aliphatic heterocycles. The minimum atomic E-state index is -1.00. The van der Waals surface area contributed by atoms with Crippen LogP contribution in [0.2, 0.25) is 0 Å². The molecule has 0 unspecified atom stereocenters. The maximum Gasteiger partial charge on any atom is 0.187 e. The molecule has 0 aliphatic carbocycles. The number of rotatable bonds is 2. The number of nitrogen functional groups attached to an aromatic ring is 1. The van der Waals surface area contributed by atoms with E-state index in [4.69, 9.17) is 5.73 Å². The fourth-order valence-corrected chi connectivity index (χ4v) is 2.00. The summed E-state index contributed by atoms with van der Waals surface area (Å²) in [6, 6.07) is 9.06. The lowest BCUT2D eigenvalue weighted by Gasteiger charge is -2.07. The molecule has 7 heteroatoms. The maximum absolute atomic E-state index is 13.9. The van der Waals surface area contributed by atoms with Gasteiger partial charge in [0.05, 0.1) is 0 Å². The van der Waals surface area contributed by atoms with Crippen LogP contribution in [-0.2, 0) is 0 Å². The molecule has 21 heavy (non-hydrogen) atoms. The Balaban J connectivity index is 2.17. The lowest BCUT2D eigenvalue weighted by atomic mass is 10.1. The van der Waals surface area contributed by atoms with Gasteiger partial charge in [0.25, 0.3) is 0 Å². The molecule has 1 aromatic heterocycles. The summed E-state index contributed by atoms with van der Waals surface area (Å²) < 4.78 is 28.4. The number of benzene rings is 2. The number of nitrogens with zero attached hydrogens (tertiary/aromatic N) is 4. The topological polar surface area (TPSA) is 69.6 Å². The monoisotopic (exact) mass is 287 g/mol. The average molecular weight is 287 g/mol. The van der Waals surface area contributed by atoms with E-state index in [-0.39, 0.29) is 5.69 Å². The van der Waals surface area contributed by atoms with Crippen LogP contribution in [-0.4, -0.2) is 20.2 Å². The molecule has 0 saturated heterocycles. The van der Waals surface area contributed by atoms with Gasteiger partial charge >= 0.3 is 0 Å². The van der Waals surface area contributed by atoms with E-state index in [2.05, 4.69) is 15.5 Å². The SMILES string of the molecule is Cc1cc(-c2nnnn2-c2cccc(F)c2F)ccc1N. The molecule has 0 atom stereocenters. The highest BCUT2D eigenvalue weighted by atomic mass is 19.2. The van der Waals surface area contributed by atoms with Crippen molar-refractivity contribution in [3.05, 3.63) is 53.6 Å². The normalized spacial score (nSPS) is 10.8. The van der Waals surface area contributed by atoms with Crippen LogP contribution in [0.15, 0.2) is 36.4 Å². The Morgan fingerprint density at radius 3 is 2.71 bits per heavy atom. The van der Waals surface area contributed by atoms with Gasteiger partial charge in [0.2, 0.25) is 0 Å². The minimum absolute atomic E-state index is 0.0514. The van der Waals surface area contributed by atoms with Crippen molar-refractivity contribution in [2.75, 3.05) is 5.73 Å². The van der Waals surface area contributed by atoms with Gasteiger partial charge < -0.3 is 5.73 Å². The van der Waals surface area contributed by atoms with E-state index in [0.717, 1.165) is 16.3 Å². The second-order valence-electron chi connectivity index (χ2n) is 4.56. The van der Waals surface area contributed by atoms with E-state index < -0.39 is 11.6 Å². The van der Waals surface area contributed by atoms with Crippen molar-refractivity contribution in [1.29, 1.82) is 0 Å². The molecule has 0 amide bonds. The molecule has 1 heterocycles.